The molecule has 4 nitrogen and oxygen atoms in total. The Balaban J connectivity index is 2.15. The molecular weight excluding hydrogens is 290 g/mol. The van der Waals surface area contributed by atoms with Gasteiger partial charge in [-0.25, -0.2) is 8.78 Å². The van der Waals surface area contributed by atoms with Crippen LogP contribution in [0.1, 0.15) is 5.56 Å². The van der Waals surface area contributed by atoms with Crippen LogP contribution >= 0.6 is 0 Å². The number of para-hydroxylation sites is 2. The van der Waals surface area contributed by atoms with Gasteiger partial charge in [0.2, 0.25) is 0 Å². The van der Waals surface area contributed by atoms with Crippen LogP contribution in [-0.2, 0) is 0 Å². The van der Waals surface area contributed by atoms with Gasteiger partial charge in [0.05, 0.1) is 19.0 Å². The predicted molar refractivity (Wildman–Crippen MR) is 82.2 cm³/mol. The molecule has 2 aromatic rings. The van der Waals surface area contributed by atoms with Gasteiger partial charge in [0.1, 0.15) is 6.61 Å². The molecule has 0 saturated heterocycles. The number of alkyl halides is 2. The van der Waals surface area contributed by atoms with E-state index in [0.717, 1.165) is 5.69 Å². The van der Waals surface area contributed by atoms with Gasteiger partial charge in [0, 0.05) is 5.56 Å². The van der Waals surface area contributed by atoms with E-state index in [1.54, 1.807) is 18.2 Å². The first kappa shape index (κ1) is 15.8. The third kappa shape index (κ3) is 4.44. The van der Waals surface area contributed by atoms with E-state index in [1.807, 2.05) is 30.3 Å². The Morgan fingerprint density at radius 3 is 2.59 bits per heavy atom. The maximum absolute atomic E-state index is 12.3. The summed E-state index contributed by atoms with van der Waals surface area (Å²) in [7, 11) is 1.45. The summed E-state index contributed by atoms with van der Waals surface area (Å²) in [6, 6.07) is 14.4. The highest BCUT2D eigenvalue weighted by Gasteiger charge is 2.12. The molecule has 0 atom stereocenters. The average molecular weight is 306 g/mol. The molecule has 0 aliphatic carbocycles. The quantitative estimate of drug-likeness (QED) is 0.625. The average Bonchev–Trinajstić information content (AvgIpc) is 2.54. The second-order valence-corrected chi connectivity index (χ2v) is 4.32. The molecule has 0 spiro atoms. The molecule has 6 heteroatoms. The second-order valence-electron chi connectivity index (χ2n) is 4.32. The van der Waals surface area contributed by atoms with Crippen LogP contribution < -0.4 is 14.9 Å². The first-order valence-electron chi connectivity index (χ1n) is 6.63. The molecule has 2 rings (SSSR count). The fourth-order valence-electron chi connectivity index (χ4n) is 1.79. The first-order chi connectivity index (χ1) is 10.7. The molecule has 22 heavy (non-hydrogen) atoms. The molecule has 0 fully saturated rings. The number of benzene rings is 2. The molecule has 2 aromatic carbocycles. The molecule has 0 aliphatic rings. The first-order valence-corrected chi connectivity index (χ1v) is 6.63. The number of anilines is 1. The minimum absolute atomic E-state index is 0.240. The standard InChI is InChI=1S/C16H16F2N2O2/c1-21-14-9-5-6-12(16(14)22-11-15(17)18)10-19-20-13-7-3-2-4-8-13/h2-10,15,20H,11H2,1H3. The van der Waals surface area contributed by atoms with Gasteiger partial charge in [0.25, 0.3) is 6.43 Å². The fourth-order valence-corrected chi connectivity index (χ4v) is 1.79. The van der Waals surface area contributed by atoms with Crippen LogP contribution in [0.25, 0.3) is 0 Å². The highest BCUT2D eigenvalue weighted by atomic mass is 19.3. The zero-order valence-corrected chi connectivity index (χ0v) is 12.0. The summed E-state index contributed by atoms with van der Waals surface area (Å²) in [6.45, 7) is -0.701. The SMILES string of the molecule is COc1cccc(C=NNc2ccccc2)c1OCC(F)F. The predicted octanol–water partition coefficient (Wildman–Crippen LogP) is 3.79. The number of nitrogens with one attached hydrogen (secondary N) is 1. The maximum Gasteiger partial charge on any atom is 0.272 e. The van der Waals surface area contributed by atoms with Gasteiger partial charge in [0.15, 0.2) is 11.5 Å². The van der Waals surface area contributed by atoms with Crippen LogP contribution in [0.5, 0.6) is 11.5 Å². The summed E-state index contributed by atoms with van der Waals surface area (Å²) >= 11 is 0. The number of halogens is 2. The lowest BCUT2D eigenvalue weighted by atomic mass is 10.2. The monoisotopic (exact) mass is 306 g/mol. The van der Waals surface area contributed by atoms with Gasteiger partial charge >= 0.3 is 0 Å². The molecule has 0 aliphatic heterocycles. The van der Waals surface area contributed by atoms with Gasteiger partial charge in [-0.05, 0) is 24.3 Å². The zero-order valence-electron chi connectivity index (χ0n) is 12.0. The van der Waals surface area contributed by atoms with Crippen molar-refractivity contribution in [1.29, 1.82) is 0 Å². The van der Waals surface area contributed by atoms with Gasteiger partial charge in [-0.2, -0.15) is 5.10 Å². The molecule has 0 amide bonds. The van der Waals surface area contributed by atoms with E-state index in [2.05, 4.69) is 10.5 Å². The number of rotatable bonds is 7. The Bertz CT molecular complexity index is 619. The third-order valence-electron chi connectivity index (χ3n) is 2.75. The number of hydrazone groups is 1. The number of ether oxygens (including phenoxy) is 2. The van der Waals surface area contributed by atoms with Crippen LogP contribution in [0, 0.1) is 0 Å². The van der Waals surface area contributed by atoms with E-state index in [4.69, 9.17) is 9.47 Å². The number of hydrogen-bond acceptors (Lipinski definition) is 4. The molecule has 1 N–H and O–H groups in total. The molecule has 116 valence electrons. The summed E-state index contributed by atoms with van der Waals surface area (Å²) in [5.41, 5.74) is 4.21. The highest BCUT2D eigenvalue weighted by molar-refractivity contribution is 5.85. The largest absolute Gasteiger partial charge is 0.493 e. The van der Waals surface area contributed by atoms with E-state index in [0.29, 0.717) is 11.3 Å². The fraction of sp³-hybridized carbons (Fsp3) is 0.188. The van der Waals surface area contributed by atoms with Crippen molar-refractivity contribution in [2.45, 2.75) is 6.43 Å². The topological polar surface area (TPSA) is 42.8 Å². The Morgan fingerprint density at radius 2 is 1.91 bits per heavy atom. The molecule has 0 bridgehead atoms. The lowest BCUT2D eigenvalue weighted by molar-refractivity contribution is 0.0804. The Kier molecular flexibility index (Phi) is 5.71. The van der Waals surface area contributed by atoms with Crippen LogP contribution in [0.3, 0.4) is 0 Å². The van der Waals surface area contributed by atoms with Crippen molar-refractivity contribution in [1.82, 2.24) is 0 Å². The molecule has 0 unspecified atom stereocenters. The van der Waals surface area contributed by atoms with Crippen molar-refractivity contribution in [3.63, 3.8) is 0 Å². The van der Waals surface area contributed by atoms with E-state index in [-0.39, 0.29) is 5.75 Å². The molecular formula is C16H16F2N2O2. The third-order valence-corrected chi connectivity index (χ3v) is 2.75. The Morgan fingerprint density at radius 1 is 1.14 bits per heavy atom. The smallest absolute Gasteiger partial charge is 0.272 e. The number of hydrogen-bond donors (Lipinski definition) is 1. The van der Waals surface area contributed by atoms with Crippen molar-refractivity contribution in [3.05, 3.63) is 54.1 Å². The van der Waals surface area contributed by atoms with E-state index >= 15 is 0 Å². The second kappa shape index (κ2) is 7.97. The summed E-state index contributed by atoms with van der Waals surface area (Å²) in [5.74, 6) is 0.619. The summed E-state index contributed by atoms with van der Waals surface area (Å²) in [4.78, 5) is 0. The molecule has 0 radical (unpaired) electrons. The number of nitrogens with zero attached hydrogens (tertiary/aromatic N) is 1. The summed E-state index contributed by atoms with van der Waals surface area (Å²) < 4.78 is 35.0. The van der Waals surface area contributed by atoms with E-state index in [9.17, 15) is 8.78 Å². The van der Waals surface area contributed by atoms with Crippen molar-refractivity contribution in [3.8, 4) is 11.5 Å². The minimum Gasteiger partial charge on any atom is -0.493 e. The van der Waals surface area contributed by atoms with Crippen LogP contribution in [0.4, 0.5) is 14.5 Å². The normalized spacial score (nSPS) is 10.9. The van der Waals surface area contributed by atoms with Gasteiger partial charge in [-0.3, -0.25) is 5.43 Å². The van der Waals surface area contributed by atoms with Crippen LogP contribution in [0.15, 0.2) is 53.6 Å². The van der Waals surface area contributed by atoms with Crippen molar-refractivity contribution < 1.29 is 18.3 Å². The van der Waals surface area contributed by atoms with E-state index < -0.39 is 13.0 Å². The maximum atomic E-state index is 12.3. The van der Waals surface area contributed by atoms with Crippen LogP contribution in [-0.4, -0.2) is 26.4 Å². The van der Waals surface area contributed by atoms with Gasteiger partial charge in [-0.1, -0.05) is 24.3 Å². The lowest BCUT2D eigenvalue weighted by Crippen LogP contribution is -2.09. The van der Waals surface area contributed by atoms with Crippen molar-refractivity contribution >= 4 is 11.9 Å². The van der Waals surface area contributed by atoms with Gasteiger partial charge < -0.3 is 9.47 Å². The van der Waals surface area contributed by atoms with E-state index in [1.165, 1.54) is 13.3 Å². The minimum atomic E-state index is -2.56. The van der Waals surface area contributed by atoms with Crippen LogP contribution in [0.2, 0.25) is 0 Å². The highest BCUT2D eigenvalue weighted by Crippen LogP contribution is 2.30. The summed E-state index contributed by atoms with van der Waals surface area (Å²) in [5, 5.41) is 4.08. The number of methoxy groups -OCH3 is 1. The van der Waals surface area contributed by atoms with Crippen molar-refractivity contribution in [2.75, 3.05) is 19.1 Å². The molecule has 0 heterocycles. The zero-order chi connectivity index (χ0) is 15.8. The van der Waals surface area contributed by atoms with Crippen molar-refractivity contribution in [2.24, 2.45) is 5.10 Å². The summed E-state index contributed by atoms with van der Waals surface area (Å²) in [6.07, 6.45) is -1.06. The lowest BCUT2D eigenvalue weighted by Gasteiger charge is -2.12. The molecule has 0 aromatic heterocycles. The van der Waals surface area contributed by atoms with Gasteiger partial charge in [-0.15, -0.1) is 0 Å². The molecule has 0 saturated carbocycles. The Hall–Kier alpha value is -2.63. The Labute approximate surface area is 127 Å².